The van der Waals surface area contributed by atoms with Crippen molar-refractivity contribution >= 4 is 21.4 Å². The van der Waals surface area contributed by atoms with Crippen LogP contribution in [0.5, 0.6) is 5.75 Å². The van der Waals surface area contributed by atoms with Gasteiger partial charge >= 0.3 is 0 Å². The minimum absolute atomic E-state index is 0.0451. The molecule has 0 amide bonds. The minimum atomic E-state index is -3.79. The van der Waals surface area contributed by atoms with Crippen molar-refractivity contribution in [3.8, 4) is 5.75 Å². The van der Waals surface area contributed by atoms with Crippen molar-refractivity contribution < 1.29 is 13.2 Å². The van der Waals surface area contributed by atoms with E-state index in [1.54, 1.807) is 25.1 Å². The van der Waals surface area contributed by atoms with E-state index >= 15 is 0 Å². The van der Waals surface area contributed by atoms with Gasteiger partial charge in [0.15, 0.2) is 0 Å². The number of hydrogen-bond acceptors (Lipinski definition) is 5. The van der Waals surface area contributed by atoms with Crippen molar-refractivity contribution in [2.75, 3.05) is 23.6 Å². The smallest absolute Gasteiger partial charge is 0.265 e. The maximum absolute atomic E-state index is 12.8. The van der Waals surface area contributed by atoms with Crippen LogP contribution in [0.2, 0.25) is 0 Å². The zero-order chi connectivity index (χ0) is 17.2. The van der Waals surface area contributed by atoms with E-state index in [9.17, 15) is 8.42 Å². The van der Waals surface area contributed by atoms with Crippen molar-refractivity contribution in [1.29, 1.82) is 0 Å². The zero-order valence-electron chi connectivity index (χ0n) is 13.5. The zero-order valence-corrected chi connectivity index (χ0v) is 14.3. The van der Waals surface area contributed by atoms with E-state index in [1.165, 1.54) is 11.6 Å². The first-order valence-corrected chi connectivity index (χ1v) is 9.35. The van der Waals surface area contributed by atoms with E-state index < -0.39 is 10.0 Å². The number of anilines is 2. The fraction of sp³-hybridized carbons (Fsp3) is 0.294. The number of ether oxygens (including phenoxy) is 1. The normalized spacial score (nSPS) is 14.0. The Morgan fingerprint density at radius 2 is 2.04 bits per heavy atom. The molecule has 3 rings (SSSR count). The second kappa shape index (κ2) is 6.70. The summed E-state index contributed by atoms with van der Waals surface area (Å²) in [4.78, 5) is 0.0451. The summed E-state index contributed by atoms with van der Waals surface area (Å²) in [6, 6.07) is 10.2. The van der Waals surface area contributed by atoms with E-state index in [4.69, 9.17) is 10.5 Å². The molecule has 24 heavy (non-hydrogen) atoms. The van der Waals surface area contributed by atoms with E-state index in [-0.39, 0.29) is 4.90 Å². The van der Waals surface area contributed by atoms with Crippen LogP contribution < -0.4 is 20.5 Å². The lowest BCUT2D eigenvalue weighted by Crippen LogP contribution is -2.23. The first-order chi connectivity index (χ1) is 11.5. The molecule has 0 aromatic heterocycles. The van der Waals surface area contributed by atoms with Crippen LogP contribution >= 0.6 is 0 Å². The van der Waals surface area contributed by atoms with Gasteiger partial charge in [-0.05, 0) is 61.3 Å². The third kappa shape index (κ3) is 3.47. The highest BCUT2D eigenvalue weighted by Gasteiger charge is 2.21. The molecule has 0 atom stereocenters. The van der Waals surface area contributed by atoms with Gasteiger partial charge < -0.3 is 15.8 Å². The van der Waals surface area contributed by atoms with E-state index in [2.05, 4.69) is 10.0 Å². The van der Waals surface area contributed by atoms with Crippen LogP contribution in [-0.2, 0) is 23.0 Å². The van der Waals surface area contributed by atoms with Gasteiger partial charge in [-0.1, -0.05) is 6.07 Å². The number of rotatable bonds is 5. The Bertz CT molecular complexity index is 850. The van der Waals surface area contributed by atoms with E-state index in [0.29, 0.717) is 23.7 Å². The van der Waals surface area contributed by atoms with Crippen LogP contribution in [0.1, 0.15) is 18.1 Å². The Morgan fingerprint density at radius 1 is 1.21 bits per heavy atom. The molecular formula is C17H21N3O3S. The molecule has 0 spiro atoms. The summed E-state index contributed by atoms with van der Waals surface area (Å²) in [5.74, 6) is 0.293. The first-order valence-electron chi connectivity index (χ1n) is 7.87. The molecule has 7 heteroatoms. The highest BCUT2D eigenvalue weighted by molar-refractivity contribution is 7.92. The van der Waals surface area contributed by atoms with Gasteiger partial charge in [0.05, 0.1) is 6.61 Å². The van der Waals surface area contributed by atoms with Gasteiger partial charge in [0.1, 0.15) is 10.6 Å². The summed E-state index contributed by atoms with van der Waals surface area (Å²) < 4.78 is 33.6. The van der Waals surface area contributed by atoms with Crippen LogP contribution in [0.15, 0.2) is 41.3 Å². The molecule has 0 bridgehead atoms. The highest BCUT2D eigenvalue weighted by Crippen LogP contribution is 2.29. The quantitative estimate of drug-likeness (QED) is 0.720. The maximum atomic E-state index is 12.8. The van der Waals surface area contributed by atoms with Gasteiger partial charge in [-0.15, -0.1) is 0 Å². The van der Waals surface area contributed by atoms with Crippen molar-refractivity contribution in [2.45, 2.75) is 24.8 Å². The Hall–Kier alpha value is -2.25. The molecule has 1 aliphatic heterocycles. The summed E-state index contributed by atoms with van der Waals surface area (Å²) in [5, 5.41) is 3.29. The Balaban J connectivity index is 1.93. The molecule has 0 saturated heterocycles. The Kier molecular flexibility index (Phi) is 4.64. The van der Waals surface area contributed by atoms with Gasteiger partial charge in [-0.25, -0.2) is 8.42 Å². The first kappa shape index (κ1) is 16.6. The maximum Gasteiger partial charge on any atom is 0.265 e. The minimum Gasteiger partial charge on any atom is -0.492 e. The largest absolute Gasteiger partial charge is 0.492 e. The number of hydrogen-bond donors (Lipinski definition) is 3. The average Bonchev–Trinajstić information content (AvgIpc) is 2.56. The Morgan fingerprint density at radius 3 is 2.83 bits per heavy atom. The molecule has 1 heterocycles. The SMILES string of the molecule is CCOc1ccc(N)cc1S(=O)(=O)Nc1ccc2c(c1)CCNC2. The van der Waals surface area contributed by atoms with Crippen LogP contribution in [0, 0.1) is 0 Å². The monoisotopic (exact) mass is 347 g/mol. The second-order valence-corrected chi connectivity index (χ2v) is 7.31. The summed E-state index contributed by atoms with van der Waals surface area (Å²) in [6.45, 7) is 3.88. The third-order valence-electron chi connectivity index (χ3n) is 3.90. The van der Waals surface area contributed by atoms with Crippen molar-refractivity contribution in [2.24, 2.45) is 0 Å². The van der Waals surface area contributed by atoms with Gasteiger partial charge in [-0.2, -0.15) is 0 Å². The number of fused-ring (bicyclic) bond motifs is 1. The summed E-state index contributed by atoms with van der Waals surface area (Å²) in [5.41, 5.74) is 9.02. The van der Waals surface area contributed by atoms with Crippen LogP contribution in [0.25, 0.3) is 0 Å². The van der Waals surface area contributed by atoms with Crippen molar-refractivity contribution in [3.05, 3.63) is 47.5 Å². The van der Waals surface area contributed by atoms with Crippen LogP contribution in [0.4, 0.5) is 11.4 Å². The van der Waals surface area contributed by atoms with Crippen LogP contribution in [0.3, 0.4) is 0 Å². The molecule has 0 fully saturated rings. The third-order valence-corrected chi connectivity index (χ3v) is 5.30. The molecule has 2 aromatic carbocycles. The van der Waals surface area contributed by atoms with E-state index in [1.807, 2.05) is 12.1 Å². The lowest BCUT2D eigenvalue weighted by molar-refractivity contribution is 0.331. The van der Waals surface area contributed by atoms with Crippen LogP contribution in [-0.4, -0.2) is 21.6 Å². The predicted octanol–water partition coefficient (Wildman–Crippen LogP) is 2.11. The molecule has 0 saturated carbocycles. The number of nitrogen functional groups attached to an aromatic ring is 1. The summed E-state index contributed by atoms with van der Waals surface area (Å²) in [7, 11) is -3.79. The molecule has 0 radical (unpaired) electrons. The fourth-order valence-corrected chi connectivity index (χ4v) is 3.99. The number of nitrogens with one attached hydrogen (secondary N) is 2. The number of nitrogens with two attached hydrogens (primary N) is 1. The Labute approximate surface area is 142 Å². The predicted molar refractivity (Wildman–Crippen MR) is 94.7 cm³/mol. The fourth-order valence-electron chi connectivity index (χ4n) is 2.76. The van der Waals surface area contributed by atoms with Gasteiger partial charge in [0, 0.05) is 17.9 Å². The van der Waals surface area contributed by atoms with Gasteiger partial charge in [-0.3, -0.25) is 4.72 Å². The lowest BCUT2D eigenvalue weighted by atomic mass is 10.0. The molecule has 128 valence electrons. The molecule has 0 unspecified atom stereocenters. The molecule has 1 aliphatic rings. The van der Waals surface area contributed by atoms with E-state index in [0.717, 1.165) is 25.1 Å². The summed E-state index contributed by atoms with van der Waals surface area (Å²) >= 11 is 0. The molecule has 0 aliphatic carbocycles. The standard InChI is InChI=1S/C17H21N3O3S/c1-2-23-16-6-4-14(18)10-17(16)24(21,22)20-15-5-3-13-11-19-8-7-12(13)9-15/h3-6,9-10,19-20H,2,7-8,11,18H2,1H3. The average molecular weight is 347 g/mol. The molecule has 4 N–H and O–H groups in total. The molecular weight excluding hydrogens is 326 g/mol. The molecule has 6 nitrogen and oxygen atoms in total. The topological polar surface area (TPSA) is 93.5 Å². The summed E-state index contributed by atoms with van der Waals surface area (Å²) in [6.07, 6.45) is 0.882. The second-order valence-electron chi connectivity index (χ2n) is 5.65. The van der Waals surface area contributed by atoms with Gasteiger partial charge in [0.25, 0.3) is 10.0 Å². The number of sulfonamides is 1. The van der Waals surface area contributed by atoms with Gasteiger partial charge in [0.2, 0.25) is 0 Å². The highest BCUT2D eigenvalue weighted by atomic mass is 32.2. The lowest BCUT2D eigenvalue weighted by Gasteiger charge is -2.19. The molecule has 2 aromatic rings. The van der Waals surface area contributed by atoms with Crippen molar-refractivity contribution in [1.82, 2.24) is 5.32 Å². The van der Waals surface area contributed by atoms with Crippen molar-refractivity contribution in [3.63, 3.8) is 0 Å². The number of benzene rings is 2.